The van der Waals surface area contributed by atoms with E-state index in [9.17, 15) is 68.0 Å². The smallest absolute Gasteiger partial charge is 0.744 e. The van der Waals surface area contributed by atoms with E-state index in [1.54, 1.807) is 0 Å². The standard InChI is InChI=1S/C28H26N6O21S6.4Na/c35-26-23(32-29-16-1-6-19(7-2-16)58(40,41)13-11-50-57-55-53-39)27(36)25(34-31-21-15-18(56-54-52-38)5-10-22(21)60(44,45)46)28(37)24(26)33-30-17-3-8-20(9-4-17)59(42,43)14-12-51-61(47,48)49;;;;/h1-10,15,29-30,36,38-39H,11-14H2,(H,44,45,46)(H,47,48,49);;;;/q;4*+1/p-4. The SMILES string of the molecule is O=c1c(N=Nc2cc(SOO[O-])ccc2S(=O)(=O)[O-])c(O)c(=NNc2ccc(S(=O)(=O)CCOSOO[O-])cc2)c(=O)c1=NNc1ccc(S(=O)(=O)CCOS(=O)(=O)[O-])cc1.[Na+].[Na+].[Na+].[Na+]. The van der Waals surface area contributed by atoms with Crippen LogP contribution in [0.4, 0.5) is 22.7 Å². The van der Waals surface area contributed by atoms with Gasteiger partial charge in [-0.1, -0.05) is 0 Å². The topological polar surface area (TPSA) is 412 Å². The van der Waals surface area contributed by atoms with Gasteiger partial charge in [0.25, 0.3) is 0 Å². The summed E-state index contributed by atoms with van der Waals surface area (Å²) in [5.41, 5.74) is -0.111. The normalized spacial score (nSPS) is 12.4. The molecule has 0 atom stereocenters. The second-order valence-corrected chi connectivity index (χ2v) is 18.8. The number of phenols is 1. The molecule has 3 N–H and O–H groups in total. The van der Waals surface area contributed by atoms with Gasteiger partial charge < -0.3 is 24.7 Å². The minimum Gasteiger partial charge on any atom is -0.744 e. The van der Waals surface area contributed by atoms with E-state index in [-0.39, 0.29) is 169 Å². The van der Waals surface area contributed by atoms with Crippen LogP contribution < -0.4 is 161 Å². The fourth-order valence-electron chi connectivity index (χ4n) is 4.35. The third kappa shape index (κ3) is 19.8. The van der Waals surface area contributed by atoms with Gasteiger partial charge in [-0.2, -0.15) is 14.5 Å². The molecular formula is C28H22N6Na4O21S6. The van der Waals surface area contributed by atoms with Gasteiger partial charge in [-0.25, -0.2) is 33.7 Å². The summed E-state index contributed by atoms with van der Waals surface area (Å²) >= 11 is 0.351. The summed E-state index contributed by atoms with van der Waals surface area (Å²) in [6, 6.07) is 11.4. The summed E-state index contributed by atoms with van der Waals surface area (Å²) < 4.78 is 135. The Labute approximate surface area is 464 Å². The average molecular weight is 1060 g/mol. The number of sulfone groups is 2. The summed E-state index contributed by atoms with van der Waals surface area (Å²) in [5.74, 6) is -2.73. The molecule has 0 unspecified atom stereocenters. The Morgan fingerprint density at radius 2 is 1.15 bits per heavy atom. The van der Waals surface area contributed by atoms with E-state index in [4.69, 9.17) is 4.18 Å². The maximum atomic E-state index is 13.6. The van der Waals surface area contributed by atoms with Gasteiger partial charge >= 0.3 is 118 Å². The van der Waals surface area contributed by atoms with Crippen molar-refractivity contribution >= 4 is 87.3 Å². The Balaban J connectivity index is 0.0000102. The van der Waals surface area contributed by atoms with Crippen LogP contribution in [0.15, 0.2) is 116 Å². The number of hydrogen-bond acceptors (Lipinski definition) is 29. The van der Waals surface area contributed by atoms with Crippen molar-refractivity contribution in [2.24, 2.45) is 20.4 Å². The molecule has 0 bridgehead atoms. The van der Waals surface area contributed by atoms with E-state index < -0.39 is 109 Å². The van der Waals surface area contributed by atoms with Crippen LogP contribution in [-0.2, 0) is 67.3 Å². The van der Waals surface area contributed by atoms with Gasteiger partial charge in [0.15, 0.2) is 54.1 Å². The van der Waals surface area contributed by atoms with Crippen LogP contribution in [0.5, 0.6) is 5.75 Å². The van der Waals surface area contributed by atoms with Crippen molar-refractivity contribution in [2.75, 3.05) is 35.6 Å². The molecule has 0 spiro atoms. The first-order chi connectivity index (χ1) is 28.7. The number of phenolic OH excluding ortho intramolecular Hbond substituents is 1. The Hall–Kier alpha value is -0.820. The second-order valence-electron chi connectivity index (χ2n) is 10.9. The van der Waals surface area contributed by atoms with Crippen molar-refractivity contribution in [1.82, 2.24) is 0 Å². The zero-order valence-corrected chi connectivity index (χ0v) is 46.4. The van der Waals surface area contributed by atoms with Gasteiger partial charge in [0.2, 0.25) is 21.3 Å². The van der Waals surface area contributed by atoms with Gasteiger partial charge in [-0.05, 0) is 66.7 Å². The van der Waals surface area contributed by atoms with Crippen LogP contribution >= 0.6 is 24.4 Å². The van der Waals surface area contributed by atoms with Gasteiger partial charge in [-0.15, -0.1) is 14.6 Å². The first kappa shape index (κ1) is 64.2. The van der Waals surface area contributed by atoms with E-state index in [1.807, 2.05) is 0 Å². The van der Waals surface area contributed by atoms with E-state index in [0.29, 0.717) is 0 Å². The molecule has 0 saturated heterocycles. The van der Waals surface area contributed by atoms with E-state index in [1.165, 1.54) is 12.1 Å². The molecule has 0 heterocycles. The van der Waals surface area contributed by atoms with Crippen LogP contribution in [-0.4, -0.2) is 72.6 Å². The largest absolute Gasteiger partial charge is 1.00 e. The average Bonchev–Trinajstić information content (AvgIpc) is 3.19. The third-order valence-electron chi connectivity index (χ3n) is 7.06. The number of anilines is 2. The molecule has 37 heteroatoms. The molecule has 0 aliphatic carbocycles. The predicted octanol–water partition coefficient (Wildman–Crippen LogP) is -13.8. The first-order valence-electron chi connectivity index (χ1n) is 15.5. The Morgan fingerprint density at radius 1 is 0.646 bits per heavy atom. The van der Waals surface area contributed by atoms with Crippen molar-refractivity contribution < 1.29 is 204 Å². The molecule has 0 aliphatic rings. The fraction of sp³-hybridized carbons (Fsp3) is 0.143. The number of benzene rings is 4. The molecule has 0 fully saturated rings. The molecule has 4 rings (SSSR count). The maximum absolute atomic E-state index is 13.6. The number of rotatable bonds is 22. The van der Waals surface area contributed by atoms with Crippen LogP contribution in [0.25, 0.3) is 0 Å². The monoisotopic (exact) mass is 1060 g/mol. The fourth-order valence-corrected chi connectivity index (χ4v) is 8.22. The van der Waals surface area contributed by atoms with Crippen molar-refractivity contribution in [1.29, 1.82) is 0 Å². The van der Waals surface area contributed by atoms with Crippen LogP contribution in [0.3, 0.4) is 0 Å². The number of nitrogens with one attached hydrogen (secondary N) is 2. The van der Waals surface area contributed by atoms with Crippen LogP contribution in [0.1, 0.15) is 0 Å². The molecule has 65 heavy (non-hydrogen) atoms. The van der Waals surface area contributed by atoms with Crippen LogP contribution in [0.2, 0.25) is 0 Å². The predicted molar refractivity (Wildman–Crippen MR) is 196 cm³/mol. The number of azo groups is 1. The molecule has 0 aliphatic heterocycles. The second kappa shape index (κ2) is 29.4. The summed E-state index contributed by atoms with van der Waals surface area (Å²) in [6.45, 7) is -1.39. The number of aromatic hydroxyl groups is 1. The third-order valence-corrected chi connectivity index (χ3v) is 12.7. The van der Waals surface area contributed by atoms with Crippen molar-refractivity contribution in [2.45, 2.75) is 19.6 Å². The van der Waals surface area contributed by atoms with Gasteiger partial charge in [0.1, 0.15) is 15.8 Å². The summed E-state index contributed by atoms with van der Waals surface area (Å²) in [4.78, 5) is 25.5. The Morgan fingerprint density at radius 3 is 1.65 bits per heavy atom. The summed E-state index contributed by atoms with van der Waals surface area (Å²) in [6.07, 6.45) is 0. The van der Waals surface area contributed by atoms with E-state index in [2.05, 4.69) is 54.2 Å². The molecular weight excluding hydrogens is 1040 g/mol. The van der Waals surface area contributed by atoms with E-state index >= 15 is 0 Å². The molecule has 0 amide bonds. The molecule has 0 saturated carbocycles. The number of nitrogens with zero attached hydrogens (tertiary/aromatic N) is 4. The maximum Gasteiger partial charge on any atom is 1.00 e. The molecule has 330 valence electrons. The Kier molecular flexibility index (Phi) is 29.0. The van der Waals surface area contributed by atoms with Crippen molar-refractivity contribution in [3.8, 4) is 5.75 Å². The van der Waals surface area contributed by atoms with Crippen molar-refractivity contribution in [3.63, 3.8) is 0 Å². The summed E-state index contributed by atoms with van der Waals surface area (Å²) in [7, 11) is -18.6. The molecule has 4 aromatic carbocycles. The molecule has 27 nitrogen and oxygen atoms in total. The molecule has 0 aromatic heterocycles. The minimum absolute atomic E-state index is 0. The van der Waals surface area contributed by atoms with E-state index in [0.717, 1.165) is 54.6 Å². The minimum atomic E-state index is -5.28. The van der Waals surface area contributed by atoms with Gasteiger partial charge in [-0.3, -0.25) is 38.9 Å². The van der Waals surface area contributed by atoms with Gasteiger partial charge in [0, 0.05) is 4.90 Å². The number of hydrogen-bond donors (Lipinski definition) is 3. The zero-order chi connectivity index (χ0) is 45.0. The van der Waals surface area contributed by atoms with Crippen molar-refractivity contribution in [3.05, 3.63) is 97.9 Å². The zero-order valence-electron chi connectivity index (χ0n) is 33.5. The van der Waals surface area contributed by atoms with Gasteiger partial charge in [0.05, 0.1) is 62.8 Å². The first-order valence-corrected chi connectivity index (χ1v) is 23.0. The van der Waals surface area contributed by atoms with Crippen LogP contribution in [0, 0.1) is 0 Å². The quantitative estimate of drug-likeness (QED) is 0.00961. The Bertz CT molecular complexity index is 2950. The molecule has 0 radical (unpaired) electrons. The summed E-state index contributed by atoms with van der Waals surface area (Å²) in [5, 5.41) is 50.0. The molecule has 4 aromatic rings.